The molecule has 0 saturated carbocycles. The normalized spacial score (nSPS) is 17.9. The van der Waals surface area contributed by atoms with E-state index < -0.39 is 0 Å². The van der Waals surface area contributed by atoms with Gasteiger partial charge in [0.2, 0.25) is 0 Å². The monoisotopic (exact) mass is 241 g/mol. The molecule has 2 heteroatoms. The van der Waals surface area contributed by atoms with Crippen molar-refractivity contribution >= 4 is 5.69 Å². The minimum atomic E-state index is -0.0893. The third-order valence-corrected chi connectivity index (χ3v) is 3.63. The Morgan fingerprint density at radius 3 is 2.72 bits per heavy atom. The molecule has 0 fully saturated rings. The van der Waals surface area contributed by atoms with Crippen molar-refractivity contribution < 1.29 is 4.39 Å². The summed E-state index contributed by atoms with van der Waals surface area (Å²) in [6.07, 6.45) is 1.84. The van der Waals surface area contributed by atoms with E-state index in [4.69, 9.17) is 0 Å². The lowest BCUT2D eigenvalue weighted by atomic mass is 9.86. The molecule has 92 valence electrons. The van der Waals surface area contributed by atoms with Crippen LogP contribution in [0.2, 0.25) is 0 Å². The van der Waals surface area contributed by atoms with Crippen molar-refractivity contribution in [3.63, 3.8) is 0 Å². The van der Waals surface area contributed by atoms with Crippen LogP contribution in [0.1, 0.15) is 23.5 Å². The van der Waals surface area contributed by atoms with Gasteiger partial charge < -0.3 is 5.32 Å². The van der Waals surface area contributed by atoms with E-state index in [1.807, 2.05) is 18.2 Å². The van der Waals surface area contributed by atoms with E-state index in [2.05, 4.69) is 23.5 Å². The van der Waals surface area contributed by atoms with Crippen LogP contribution in [0.3, 0.4) is 0 Å². The summed E-state index contributed by atoms with van der Waals surface area (Å²) in [5, 5.41) is 3.40. The molecule has 18 heavy (non-hydrogen) atoms. The number of halogens is 1. The van der Waals surface area contributed by atoms with Gasteiger partial charge in [0, 0.05) is 12.2 Å². The average molecular weight is 241 g/mol. The molecule has 2 aromatic rings. The minimum absolute atomic E-state index is 0.0893. The van der Waals surface area contributed by atoms with E-state index >= 15 is 0 Å². The molecule has 0 amide bonds. The summed E-state index contributed by atoms with van der Waals surface area (Å²) >= 11 is 0. The van der Waals surface area contributed by atoms with Gasteiger partial charge in [-0.05, 0) is 42.0 Å². The molecule has 1 nitrogen and oxygen atoms in total. The molecular formula is C16H16FN. The van der Waals surface area contributed by atoms with Gasteiger partial charge in [-0.15, -0.1) is 0 Å². The maximum absolute atomic E-state index is 13.7. The van der Waals surface area contributed by atoms with Gasteiger partial charge in [-0.25, -0.2) is 4.39 Å². The highest BCUT2D eigenvalue weighted by molar-refractivity contribution is 5.55. The number of fused-ring (bicyclic) bond motifs is 1. The SMILES string of the molecule is Fc1ccccc1CC1CCNc2ccccc21. The first-order valence-corrected chi connectivity index (χ1v) is 6.41. The molecular weight excluding hydrogens is 225 g/mol. The van der Waals surface area contributed by atoms with Gasteiger partial charge in [0.05, 0.1) is 0 Å². The van der Waals surface area contributed by atoms with Crippen LogP contribution in [-0.4, -0.2) is 6.54 Å². The number of hydrogen-bond donors (Lipinski definition) is 1. The number of anilines is 1. The molecule has 0 spiro atoms. The van der Waals surface area contributed by atoms with Gasteiger partial charge in [-0.1, -0.05) is 36.4 Å². The highest BCUT2D eigenvalue weighted by Crippen LogP contribution is 2.34. The van der Waals surface area contributed by atoms with Crippen molar-refractivity contribution in [1.29, 1.82) is 0 Å². The van der Waals surface area contributed by atoms with Crippen LogP contribution in [0, 0.1) is 5.82 Å². The van der Waals surface area contributed by atoms with Crippen molar-refractivity contribution in [3.05, 3.63) is 65.5 Å². The Kier molecular flexibility index (Phi) is 3.01. The summed E-state index contributed by atoms with van der Waals surface area (Å²) in [6, 6.07) is 15.4. The fourth-order valence-corrected chi connectivity index (χ4v) is 2.69. The van der Waals surface area contributed by atoms with Gasteiger partial charge in [0.25, 0.3) is 0 Å². The lowest BCUT2D eigenvalue weighted by molar-refractivity contribution is 0.571. The number of nitrogens with one attached hydrogen (secondary N) is 1. The van der Waals surface area contributed by atoms with Crippen LogP contribution in [0.4, 0.5) is 10.1 Å². The van der Waals surface area contributed by atoms with E-state index in [1.54, 1.807) is 12.1 Å². The van der Waals surface area contributed by atoms with Crippen LogP contribution in [0.15, 0.2) is 48.5 Å². The largest absolute Gasteiger partial charge is 0.385 e. The summed E-state index contributed by atoms with van der Waals surface area (Å²) in [6.45, 7) is 0.968. The average Bonchev–Trinajstić information content (AvgIpc) is 2.42. The molecule has 0 saturated heterocycles. The molecule has 1 unspecified atom stereocenters. The summed E-state index contributed by atoms with van der Waals surface area (Å²) in [7, 11) is 0. The molecule has 1 heterocycles. The van der Waals surface area contributed by atoms with Gasteiger partial charge in [-0.3, -0.25) is 0 Å². The Hall–Kier alpha value is -1.83. The topological polar surface area (TPSA) is 12.0 Å². The van der Waals surface area contributed by atoms with Crippen LogP contribution in [0.5, 0.6) is 0 Å². The molecule has 1 aliphatic rings. The third-order valence-electron chi connectivity index (χ3n) is 3.63. The Labute approximate surface area is 107 Å². The molecule has 2 aromatic carbocycles. The van der Waals surface area contributed by atoms with E-state index in [-0.39, 0.29) is 5.82 Å². The summed E-state index contributed by atoms with van der Waals surface area (Å²) in [4.78, 5) is 0. The minimum Gasteiger partial charge on any atom is -0.385 e. The third kappa shape index (κ3) is 2.10. The maximum atomic E-state index is 13.7. The van der Waals surface area contributed by atoms with Crippen molar-refractivity contribution in [2.75, 3.05) is 11.9 Å². The lowest BCUT2D eigenvalue weighted by Gasteiger charge is -2.26. The maximum Gasteiger partial charge on any atom is 0.126 e. The van der Waals surface area contributed by atoms with Gasteiger partial charge in [0.15, 0.2) is 0 Å². The van der Waals surface area contributed by atoms with Crippen LogP contribution >= 0.6 is 0 Å². The van der Waals surface area contributed by atoms with E-state index in [0.717, 1.165) is 24.9 Å². The molecule has 0 aliphatic carbocycles. The van der Waals surface area contributed by atoms with Crippen molar-refractivity contribution in [2.24, 2.45) is 0 Å². The van der Waals surface area contributed by atoms with Crippen molar-refractivity contribution in [1.82, 2.24) is 0 Å². The summed E-state index contributed by atoms with van der Waals surface area (Å²) in [5.74, 6) is 0.327. The van der Waals surface area contributed by atoms with Crippen LogP contribution in [-0.2, 0) is 6.42 Å². The van der Waals surface area contributed by atoms with E-state index in [1.165, 1.54) is 11.3 Å². The van der Waals surface area contributed by atoms with Gasteiger partial charge in [-0.2, -0.15) is 0 Å². The molecule has 0 aromatic heterocycles. The Morgan fingerprint density at radius 2 is 1.83 bits per heavy atom. The smallest absolute Gasteiger partial charge is 0.126 e. The Bertz CT molecular complexity index is 550. The Balaban J connectivity index is 1.89. The van der Waals surface area contributed by atoms with Crippen LogP contribution in [0.25, 0.3) is 0 Å². The predicted molar refractivity (Wildman–Crippen MR) is 72.4 cm³/mol. The second kappa shape index (κ2) is 4.81. The first-order chi connectivity index (χ1) is 8.84. The second-order valence-electron chi connectivity index (χ2n) is 4.80. The number of rotatable bonds is 2. The van der Waals surface area contributed by atoms with Gasteiger partial charge >= 0.3 is 0 Å². The fourth-order valence-electron chi connectivity index (χ4n) is 2.69. The van der Waals surface area contributed by atoms with E-state index in [0.29, 0.717) is 5.92 Å². The second-order valence-corrected chi connectivity index (χ2v) is 4.80. The highest BCUT2D eigenvalue weighted by atomic mass is 19.1. The molecule has 1 aliphatic heterocycles. The zero-order valence-electron chi connectivity index (χ0n) is 10.2. The standard InChI is InChI=1S/C16H16FN/c17-15-7-3-1-5-13(15)11-12-9-10-18-16-8-4-2-6-14(12)16/h1-8,12,18H,9-11H2. The van der Waals surface area contributed by atoms with Crippen molar-refractivity contribution in [3.8, 4) is 0 Å². The fraction of sp³-hybridized carbons (Fsp3) is 0.250. The number of hydrogen-bond acceptors (Lipinski definition) is 1. The van der Waals surface area contributed by atoms with E-state index in [9.17, 15) is 4.39 Å². The summed E-state index contributed by atoms with van der Waals surface area (Å²) < 4.78 is 13.7. The Morgan fingerprint density at radius 1 is 1.06 bits per heavy atom. The molecule has 1 atom stereocenters. The first kappa shape index (κ1) is 11.3. The first-order valence-electron chi connectivity index (χ1n) is 6.41. The zero-order valence-corrected chi connectivity index (χ0v) is 10.2. The van der Waals surface area contributed by atoms with Crippen LogP contribution < -0.4 is 5.32 Å². The number of benzene rings is 2. The molecule has 1 N–H and O–H groups in total. The molecule has 0 bridgehead atoms. The number of para-hydroxylation sites is 1. The molecule has 0 radical (unpaired) electrons. The summed E-state index contributed by atoms with van der Waals surface area (Å²) in [5.41, 5.74) is 3.33. The van der Waals surface area contributed by atoms with Crippen molar-refractivity contribution in [2.45, 2.75) is 18.8 Å². The highest BCUT2D eigenvalue weighted by Gasteiger charge is 2.20. The molecule has 3 rings (SSSR count). The predicted octanol–water partition coefficient (Wildman–Crippen LogP) is 3.97. The lowest BCUT2D eigenvalue weighted by Crippen LogP contribution is -2.18. The quantitative estimate of drug-likeness (QED) is 0.839. The zero-order chi connectivity index (χ0) is 12.4. The van der Waals surface area contributed by atoms with Gasteiger partial charge in [0.1, 0.15) is 5.82 Å².